The third-order valence-corrected chi connectivity index (χ3v) is 1.37. The van der Waals surface area contributed by atoms with Crippen molar-refractivity contribution < 1.29 is 0 Å². The van der Waals surface area contributed by atoms with Crippen molar-refractivity contribution >= 4 is 15.0 Å². The van der Waals surface area contributed by atoms with Crippen molar-refractivity contribution in [2.45, 2.75) is 6.55 Å². The Bertz CT molecular complexity index is 125. The molecule has 1 aromatic rings. The molecule has 0 spiro atoms. The summed E-state index contributed by atoms with van der Waals surface area (Å²) in [6, 6.07) is 0. The zero-order chi connectivity index (χ0) is 5.11. The molecule has 0 bridgehead atoms. The highest BCUT2D eigenvalue weighted by molar-refractivity contribution is 6.49. The van der Waals surface area contributed by atoms with E-state index in [2.05, 4.69) is 21.7 Å². The summed E-state index contributed by atoms with van der Waals surface area (Å²) in [4.78, 5) is 3.88. The second-order valence-corrected chi connectivity index (χ2v) is 2.06. The van der Waals surface area contributed by atoms with Crippen LogP contribution >= 0.6 is 0 Å². The Morgan fingerprint density at radius 3 is 3.00 bits per heavy atom. The lowest BCUT2D eigenvalue weighted by Gasteiger charge is -1.75. The molecule has 0 atom stereocenters. The lowest BCUT2D eigenvalue weighted by Crippen LogP contribution is -2.14. The molecule has 36 valence electrons. The van der Waals surface area contributed by atoms with E-state index >= 15 is 0 Å². The predicted octanol–water partition coefficient (Wildman–Crippen LogP) is -0.818. The van der Waals surface area contributed by atoms with Crippen molar-refractivity contribution in [1.82, 2.24) is 15.2 Å². The molecule has 1 N–H and O–H groups in total. The fourth-order valence-corrected chi connectivity index (χ4v) is 0.689. The first-order valence-corrected chi connectivity index (χ1v) is 3.46. The van der Waals surface area contributed by atoms with E-state index in [1.54, 1.807) is 0 Å². The molecule has 0 saturated carbocycles. The van der Waals surface area contributed by atoms with Gasteiger partial charge in [0.05, 0.1) is 5.45 Å². The van der Waals surface area contributed by atoms with Crippen LogP contribution in [0.1, 0.15) is 0 Å². The van der Waals surface area contributed by atoms with Crippen LogP contribution in [0.5, 0.6) is 0 Å². The van der Waals surface area contributed by atoms with E-state index in [9.17, 15) is 0 Å². The molecule has 1 aromatic heterocycles. The lowest BCUT2D eigenvalue weighted by molar-refractivity contribution is 1.11. The average Bonchev–Trinajstić information content (AvgIpc) is 2.14. The van der Waals surface area contributed by atoms with E-state index in [0.717, 1.165) is 15.0 Å². The van der Waals surface area contributed by atoms with E-state index in [4.69, 9.17) is 0 Å². The van der Waals surface area contributed by atoms with Crippen LogP contribution in [-0.2, 0) is 0 Å². The standard InChI is InChI=1S/C3H5N3Si/c1-7-3-4-2-5-6-3/h2H,1H3,(H,4,5,6). The second-order valence-electron chi connectivity index (χ2n) is 1.08. The summed E-state index contributed by atoms with van der Waals surface area (Å²) < 4.78 is 0. The van der Waals surface area contributed by atoms with Crippen LogP contribution in [0.4, 0.5) is 0 Å². The van der Waals surface area contributed by atoms with E-state index in [1.165, 1.54) is 6.33 Å². The van der Waals surface area contributed by atoms with Gasteiger partial charge in [0.2, 0.25) is 0 Å². The van der Waals surface area contributed by atoms with Crippen molar-refractivity contribution in [2.24, 2.45) is 0 Å². The fraction of sp³-hybridized carbons (Fsp3) is 0.333. The SMILES string of the molecule is C[Si]c1ncn[nH]1. The Balaban J connectivity index is 2.76. The number of aromatic nitrogens is 3. The highest BCUT2D eigenvalue weighted by Gasteiger charge is 1.85. The van der Waals surface area contributed by atoms with Crippen molar-refractivity contribution in [2.75, 3.05) is 0 Å². The zero-order valence-corrected chi connectivity index (χ0v) is 4.97. The van der Waals surface area contributed by atoms with Crippen LogP contribution in [0, 0.1) is 0 Å². The molecule has 0 aliphatic carbocycles. The van der Waals surface area contributed by atoms with Crippen molar-refractivity contribution in [1.29, 1.82) is 0 Å². The summed E-state index contributed by atoms with van der Waals surface area (Å²) in [5, 5.41) is 6.40. The zero-order valence-electron chi connectivity index (χ0n) is 3.97. The van der Waals surface area contributed by atoms with Gasteiger partial charge in [-0.3, -0.25) is 5.10 Å². The quantitative estimate of drug-likeness (QED) is 0.481. The Labute approximate surface area is 44.0 Å². The first-order valence-electron chi connectivity index (χ1n) is 1.96. The second kappa shape index (κ2) is 1.88. The fourth-order valence-electron chi connectivity index (χ4n) is 0.326. The molecule has 7 heavy (non-hydrogen) atoms. The van der Waals surface area contributed by atoms with Crippen LogP contribution in [-0.4, -0.2) is 24.7 Å². The van der Waals surface area contributed by atoms with Gasteiger partial charge in [-0.1, -0.05) is 6.55 Å². The molecule has 0 aliphatic rings. The minimum absolute atomic E-state index is 0.725. The Kier molecular flexibility index (Phi) is 1.21. The van der Waals surface area contributed by atoms with Gasteiger partial charge < -0.3 is 0 Å². The monoisotopic (exact) mass is 111 g/mol. The lowest BCUT2D eigenvalue weighted by atomic mass is 11.3. The Morgan fingerprint density at radius 2 is 2.71 bits per heavy atom. The van der Waals surface area contributed by atoms with Gasteiger partial charge in [0.25, 0.3) is 0 Å². The maximum absolute atomic E-state index is 3.88. The number of hydrogen-bond donors (Lipinski definition) is 1. The molecule has 0 aliphatic heterocycles. The molecule has 1 heterocycles. The van der Waals surface area contributed by atoms with E-state index in [1.807, 2.05) is 0 Å². The highest BCUT2D eigenvalue weighted by atomic mass is 28.2. The van der Waals surface area contributed by atoms with Crippen LogP contribution in [0.15, 0.2) is 6.33 Å². The number of nitrogens with one attached hydrogen (secondary N) is 1. The highest BCUT2D eigenvalue weighted by Crippen LogP contribution is 1.56. The summed E-state index contributed by atoms with van der Waals surface area (Å²) in [5.41, 5.74) is 0.972. The van der Waals surface area contributed by atoms with E-state index in [0.29, 0.717) is 0 Å². The topological polar surface area (TPSA) is 41.6 Å². The molecule has 3 nitrogen and oxygen atoms in total. The van der Waals surface area contributed by atoms with Gasteiger partial charge in [0, 0.05) is 0 Å². The van der Waals surface area contributed by atoms with Gasteiger partial charge >= 0.3 is 0 Å². The van der Waals surface area contributed by atoms with Crippen LogP contribution < -0.4 is 5.45 Å². The van der Waals surface area contributed by atoms with Gasteiger partial charge in [-0.2, -0.15) is 5.10 Å². The third-order valence-electron chi connectivity index (χ3n) is 0.652. The van der Waals surface area contributed by atoms with Crippen LogP contribution in [0.2, 0.25) is 6.55 Å². The van der Waals surface area contributed by atoms with Crippen molar-refractivity contribution in [3.05, 3.63) is 6.33 Å². The summed E-state index contributed by atoms with van der Waals surface area (Å²) in [6.07, 6.45) is 1.52. The normalized spacial score (nSPS) is 9.29. The number of aromatic amines is 1. The molecule has 0 amide bonds. The molecule has 0 unspecified atom stereocenters. The number of H-pyrrole nitrogens is 1. The van der Waals surface area contributed by atoms with Gasteiger partial charge in [-0.25, -0.2) is 4.98 Å². The van der Waals surface area contributed by atoms with Gasteiger partial charge in [-0.05, 0) is 0 Å². The Hall–Kier alpha value is -0.643. The summed E-state index contributed by atoms with van der Waals surface area (Å²) in [7, 11) is 0.725. The Morgan fingerprint density at radius 1 is 1.86 bits per heavy atom. The molecule has 0 aromatic carbocycles. The minimum Gasteiger partial charge on any atom is -0.268 e. The number of hydrogen-bond acceptors (Lipinski definition) is 2. The van der Waals surface area contributed by atoms with E-state index < -0.39 is 0 Å². The largest absolute Gasteiger partial charge is 0.268 e. The van der Waals surface area contributed by atoms with Crippen LogP contribution in [0.25, 0.3) is 0 Å². The van der Waals surface area contributed by atoms with Crippen molar-refractivity contribution in [3.63, 3.8) is 0 Å². The molecule has 0 fully saturated rings. The number of nitrogens with zero attached hydrogens (tertiary/aromatic N) is 2. The van der Waals surface area contributed by atoms with Gasteiger partial charge in [0.1, 0.15) is 15.8 Å². The maximum atomic E-state index is 3.88. The summed E-state index contributed by atoms with van der Waals surface area (Å²) in [6.45, 7) is 2.06. The average molecular weight is 111 g/mol. The first kappa shape index (κ1) is 4.51. The number of rotatable bonds is 1. The molecule has 2 radical (unpaired) electrons. The molecule has 0 saturated heterocycles. The van der Waals surface area contributed by atoms with E-state index in [-0.39, 0.29) is 0 Å². The van der Waals surface area contributed by atoms with Crippen molar-refractivity contribution in [3.8, 4) is 0 Å². The molecule has 4 heteroatoms. The van der Waals surface area contributed by atoms with Gasteiger partial charge in [0.15, 0.2) is 0 Å². The molecular formula is C3H5N3Si. The molecule has 1 rings (SSSR count). The summed E-state index contributed by atoms with van der Waals surface area (Å²) in [5.74, 6) is 0. The first-order chi connectivity index (χ1) is 3.43. The van der Waals surface area contributed by atoms with Gasteiger partial charge in [-0.15, -0.1) is 0 Å². The third kappa shape index (κ3) is 0.864. The summed E-state index contributed by atoms with van der Waals surface area (Å²) >= 11 is 0. The predicted molar refractivity (Wildman–Crippen MR) is 27.6 cm³/mol. The minimum atomic E-state index is 0.725. The smallest absolute Gasteiger partial charge is 0.137 e. The molecular weight excluding hydrogens is 106 g/mol. The maximum Gasteiger partial charge on any atom is 0.137 e. The van der Waals surface area contributed by atoms with Crippen LogP contribution in [0.3, 0.4) is 0 Å².